The lowest BCUT2D eigenvalue weighted by molar-refractivity contribution is -0.140. The first-order valence-corrected chi connectivity index (χ1v) is 12.1. The molecule has 7 nitrogen and oxygen atoms in total. The number of nitriles is 1. The van der Waals surface area contributed by atoms with Gasteiger partial charge in [-0.3, -0.25) is 14.5 Å². The van der Waals surface area contributed by atoms with Crippen molar-refractivity contribution in [3.63, 3.8) is 0 Å². The molecule has 0 saturated heterocycles. The minimum Gasteiger partial charge on any atom is -0.490 e. The number of rotatable bonds is 5. The van der Waals surface area contributed by atoms with Gasteiger partial charge >= 0.3 is 0 Å². The summed E-state index contributed by atoms with van der Waals surface area (Å²) in [5, 5.41) is 14.5. The van der Waals surface area contributed by atoms with E-state index in [0.29, 0.717) is 23.3 Å². The molecule has 5 rings (SSSR count). The Kier molecular flexibility index (Phi) is 6.03. The fraction of sp³-hybridized carbons (Fsp3) is 0.241. The monoisotopic (exact) mass is 478 g/mol. The van der Waals surface area contributed by atoms with Crippen molar-refractivity contribution in [3.8, 4) is 28.8 Å². The van der Waals surface area contributed by atoms with Gasteiger partial charge < -0.3 is 4.74 Å². The van der Waals surface area contributed by atoms with E-state index in [0.717, 1.165) is 39.4 Å². The summed E-state index contributed by atoms with van der Waals surface area (Å²) < 4.78 is 7.64. The second-order valence-electron chi connectivity index (χ2n) is 9.10. The minimum atomic E-state index is -0.535. The van der Waals surface area contributed by atoms with E-state index in [4.69, 9.17) is 9.84 Å². The summed E-state index contributed by atoms with van der Waals surface area (Å²) in [4.78, 5) is 27.3. The van der Waals surface area contributed by atoms with Crippen molar-refractivity contribution >= 4 is 17.9 Å². The van der Waals surface area contributed by atoms with Crippen molar-refractivity contribution < 1.29 is 14.3 Å². The molecule has 0 N–H and O–H groups in total. The van der Waals surface area contributed by atoms with Crippen molar-refractivity contribution in [1.29, 1.82) is 5.26 Å². The Balaban J connectivity index is 1.68. The lowest BCUT2D eigenvalue weighted by atomic mass is 9.93. The molecule has 0 fully saturated rings. The van der Waals surface area contributed by atoms with Crippen molar-refractivity contribution in [2.45, 2.75) is 39.7 Å². The third-order valence-electron chi connectivity index (χ3n) is 6.51. The van der Waals surface area contributed by atoms with Gasteiger partial charge in [0.05, 0.1) is 11.4 Å². The highest BCUT2D eigenvalue weighted by Gasteiger charge is 2.35. The predicted octanol–water partition coefficient (Wildman–Crippen LogP) is 4.86. The Morgan fingerprint density at radius 3 is 2.67 bits per heavy atom. The molecule has 2 aromatic carbocycles. The zero-order chi connectivity index (χ0) is 25.4. The summed E-state index contributed by atoms with van der Waals surface area (Å²) in [6, 6.07) is 17.7. The maximum atomic E-state index is 13.4. The van der Waals surface area contributed by atoms with Crippen LogP contribution in [0.15, 0.2) is 71.4 Å². The van der Waals surface area contributed by atoms with Gasteiger partial charge in [0.15, 0.2) is 0 Å². The number of hydrogen-bond acceptors (Lipinski definition) is 5. The first-order chi connectivity index (χ1) is 17.4. The molecule has 36 heavy (non-hydrogen) atoms. The summed E-state index contributed by atoms with van der Waals surface area (Å²) in [5.74, 6) is -0.0536. The predicted molar refractivity (Wildman–Crippen MR) is 136 cm³/mol. The number of carbonyl (C=O) groups excluding carboxylic acids is 2. The Morgan fingerprint density at radius 2 is 1.94 bits per heavy atom. The SMILES string of the molecule is CCCN1C(=O)C(C#N)=C(C)/C(=C\c2cn(-c3ccccc3)nc2-c2ccc3c(c2)CC(C)O3)C1=O. The van der Waals surface area contributed by atoms with Gasteiger partial charge in [-0.25, -0.2) is 4.68 Å². The standard InChI is InChI=1S/C29H26N4O3/c1-4-12-32-28(34)24(19(3)25(16-30)29(32)35)15-22-17-33(23-8-6-5-7-9-23)31-27(22)20-10-11-26-21(14-20)13-18(2)36-26/h5-11,14-15,17-18H,4,12-13H2,1-3H3/b24-15+. The molecule has 0 bridgehead atoms. The third-order valence-corrected chi connectivity index (χ3v) is 6.51. The third kappa shape index (κ3) is 4.01. The molecule has 3 aromatic rings. The van der Waals surface area contributed by atoms with Gasteiger partial charge in [-0.15, -0.1) is 0 Å². The van der Waals surface area contributed by atoms with Crippen LogP contribution in [0.4, 0.5) is 0 Å². The molecule has 2 aliphatic heterocycles. The van der Waals surface area contributed by atoms with Gasteiger partial charge in [0.2, 0.25) is 0 Å². The number of nitrogens with zero attached hydrogens (tertiary/aromatic N) is 4. The van der Waals surface area contributed by atoms with E-state index >= 15 is 0 Å². The molecule has 0 saturated carbocycles. The molecule has 3 heterocycles. The lowest BCUT2D eigenvalue weighted by Crippen LogP contribution is -2.43. The van der Waals surface area contributed by atoms with Crippen molar-refractivity contribution in [2.75, 3.05) is 6.54 Å². The maximum absolute atomic E-state index is 13.4. The zero-order valence-electron chi connectivity index (χ0n) is 20.5. The second-order valence-corrected chi connectivity index (χ2v) is 9.10. The van der Waals surface area contributed by atoms with E-state index < -0.39 is 11.8 Å². The molecule has 0 aliphatic carbocycles. The van der Waals surface area contributed by atoms with Crippen LogP contribution in [0.2, 0.25) is 0 Å². The van der Waals surface area contributed by atoms with E-state index in [2.05, 4.69) is 6.07 Å². The number of aromatic nitrogens is 2. The van der Waals surface area contributed by atoms with Crippen LogP contribution in [0.3, 0.4) is 0 Å². The van der Waals surface area contributed by atoms with Crippen LogP contribution in [0, 0.1) is 11.3 Å². The highest BCUT2D eigenvalue weighted by atomic mass is 16.5. The van der Waals surface area contributed by atoms with E-state index in [9.17, 15) is 14.9 Å². The Bertz CT molecular complexity index is 1470. The van der Waals surface area contributed by atoms with Gasteiger partial charge in [-0.05, 0) is 67.8 Å². The van der Waals surface area contributed by atoms with Gasteiger partial charge in [-0.1, -0.05) is 25.1 Å². The average Bonchev–Trinajstić information content (AvgIpc) is 3.47. The first kappa shape index (κ1) is 23.3. The molecule has 1 unspecified atom stereocenters. The highest BCUT2D eigenvalue weighted by molar-refractivity contribution is 6.19. The number of benzene rings is 2. The molecule has 2 amide bonds. The van der Waals surface area contributed by atoms with Crippen LogP contribution < -0.4 is 4.74 Å². The molecular formula is C29H26N4O3. The maximum Gasteiger partial charge on any atom is 0.271 e. The quantitative estimate of drug-likeness (QED) is 0.386. The van der Waals surface area contributed by atoms with Gasteiger partial charge in [0.1, 0.15) is 23.5 Å². The number of hydrogen-bond donors (Lipinski definition) is 0. The molecule has 180 valence electrons. The Morgan fingerprint density at radius 1 is 1.17 bits per heavy atom. The van der Waals surface area contributed by atoms with E-state index in [-0.39, 0.29) is 18.2 Å². The van der Waals surface area contributed by atoms with Crippen LogP contribution >= 0.6 is 0 Å². The normalized spacial score (nSPS) is 18.4. The molecule has 2 aliphatic rings. The van der Waals surface area contributed by atoms with Crippen LogP contribution in [-0.4, -0.2) is 39.1 Å². The highest BCUT2D eigenvalue weighted by Crippen LogP contribution is 2.35. The van der Waals surface area contributed by atoms with Crippen LogP contribution in [0.25, 0.3) is 23.0 Å². The molecule has 0 spiro atoms. The Hall–Kier alpha value is -4.44. The smallest absolute Gasteiger partial charge is 0.271 e. The molecule has 1 aromatic heterocycles. The first-order valence-electron chi connectivity index (χ1n) is 12.1. The van der Waals surface area contributed by atoms with Gasteiger partial charge in [0, 0.05) is 35.9 Å². The lowest BCUT2D eigenvalue weighted by Gasteiger charge is -2.27. The minimum absolute atomic E-state index is 0.00466. The van der Waals surface area contributed by atoms with E-state index in [1.54, 1.807) is 17.7 Å². The van der Waals surface area contributed by atoms with Crippen molar-refractivity contribution in [1.82, 2.24) is 14.7 Å². The van der Waals surface area contributed by atoms with Crippen molar-refractivity contribution in [3.05, 3.63) is 82.6 Å². The molecule has 0 radical (unpaired) electrons. The number of imide groups is 1. The Labute approximate surface area is 209 Å². The molecule has 7 heteroatoms. The molecular weight excluding hydrogens is 452 g/mol. The number of para-hydroxylation sites is 1. The van der Waals surface area contributed by atoms with Crippen LogP contribution in [0.5, 0.6) is 5.75 Å². The summed E-state index contributed by atoms with van der Waals surface area (Å²) in [6.45, 7) is 5.84. The van der Waals surface area contributed by atoms with Gasteiger partial charge in [-0.2, -0.15) is 10.4 Å². The summed E-state index contributed by atoms with van der Waals surface area (Å²) in [7, 11) is 0. The summed E-state index contributed by atoms with van der Waals surface area (Å²) in [6.07, 6.45) is 5.17. The van der Waals surface area contributed by atoms with Crippen LogP contribution in [0.1, 0.15) is 38.3 Å². The van der Waals surface area contributed by atoms with E-state index in [1.807, 2.05) is 68.6 Å². The average molecular weight is 479 g/mol. The number of amides is 2. The zero-order valence-corrected chi connectivity index (χ0v) is 20.5. The summed E-state index contributed by atoms with van der Waals surface area (Å²) in [5.41, 5.74) is 5.02. The van der Waals surface area contributed by atoms with Crippen molar-refractivity contribution in [2.24, 2.45) is 0 Å². The number of ether oxygens (including phenoxy) is 1. The fourth-order valence-corrected chi connectivity index (χ4v) is 4.71. The second kappa shape index (κ2) is 9.31. The topological polar surface area (TPSA) is 88.2 Å². The molecule has 1 atom stereocenters. The largest absolute Gasteiger partial charge is 0.490 e. The van der Waals surface area contributed by atoms with Crippen LogP contribution in [-0.2, 0) is 16.0 Å². The fourth-order valence-electron chi connectivity index (χ4n) is 4.71. The number of fused-ring (bicyclic) bond motifs is 1. The number of carbonyl (C=O) groups is 2. The van der Waals surface area contributed by atoms with E-state index in [1.165, 1.54) is 0 Å². The van der Waals surface area contributed by atoms with Gasteiger partial charge in [0.25, 0.3) is 11.8 Å². The summed E-state index contributed by atoms with van der Waals surface area (Å²) >= 11 is 0.